The molecule has 0 aliphatic heterocycles. The molecule has 0 saturated heterocycles. The second-order valence-electron chi connectivity index (χ2n) is 4.62. The molecule has 0 aromatic carbocycles. The molecular weight excluding hydrogens is 290 g/mol. The molecule has 0 fully saturated rings. The fraction of sp³-hybridized carbons (Fsp3) is 0.462. The summed E-state index contributed by atoms with van der Waals surface area (Å²) < 4.78 is 1.78. The van der Waals surface area contributed by atoms with Gasteiger partial charge in [-0.25, -0.2) is 14.6 Å². The van der Waals surface area contributed by atoms with Gasteiger partial charge in [0.05, 0.1) is 12.2 Å². The van der Waals surface area contributed by atoms with E-state index < -0.39 is 0 Å². The summed E-state index contributed by atoms with van der Waals surface area (Å²) in [6.45, 7) is 6.08. The fourth-order valence-electron chi connectivity index (χ4n) is 1.87. The Balaban J connectivity index is 2.07. The Bertz CT molecular complexity index is 649. The Morgan fingerprint density at radius 1 is 1.43 bits per heavy atom. The maximum Gasteiger partial charge on any atom is 0.263 e. The first-order valence-corrected chi connectivity index (χ1v) is 7.50. The molecule has 1 atom stereocenters. The lowest BCUT2D eigenvalue weighted by atomic mass is 10.3. The minimum atomic E-state index is -0.269. The van der Waals surface area contributed by atoms with Crippen LogP contribution in [-0.4, -0.2) is 31.4 Å². The summed E-state index contributed by atoms with van der Waals surface area (Å²) in [5.74, 6) is 0.301. The van der Waals surface area contributed by atoms with Gasteiger partial charge in [0.2, 0.25) is 0 Å². The van der Waals surface area contributed by atoms with E-state index in [1.165, 1.54) is 19.4 Å². The Morgan fingerprint density at radius 3 is 2.81 bits per heavy atom. The van der Waals surface area contributed by atoms with Gasteiger partial charge in [-0.2, -0.15) is 5.10 Å². The van der Waals surface area contributed by atoms with E-state index in [2.05, 4.69) is 27.3 Å². The quantitative estimate of drug-likeness (QED) is 0.822. The van der Waals surface area contributed by atoms with Crippen molar-refractivity contribution in [2.75, 3.05) is 0 Å². The highest BCUT2D eigenvalue weighted by molar-refractivity contribution is 7.15. The zero-order valence-corrected chi connectivity index (χ0v) is 13.0. The average Bonchev–Trinajstić information content (AvgIpc) is 3.07. The summed E-state index contributed by atoms with van der Waals surface area (Å²) in [4.78, 5) is 31.9. The van der Waals surface area contributed by atoms with Crippen LogP contribution >= 0.6 is 11.3 Å². The molecule has 1 amide bonds. The van der Waals surface area contributed by atoms with E-state index in [1.54, 1.807) is 4.68 Å². The zero-order valence-electron chi connectivity index (χ0n) is 12.2. The van der Waals surface area contributed by atoms with E-state index >= 15 is 0 Å². The normalized spacial score (nSPS) is 12.1. The topological polar surface area (TPSA) is 89.8 Å². The van der Waals surface area contributed by atoms with Crippen LogP contribution in [0.1, 0.15) is 58.5 Å². The number of thiazole rings is 1. The molecule has 0 aliphatic rings. The smallest absolute Gasteiger partial charge is 0.263 e. The van der Waals surface area contributed by atoms with E-state index in [-0.39, 0.29) is 17.7 Å². The van der Waals surface area contributed by atoms with Crippen molar-refractivity contribution in [3.8, 4) is 0 Å². The molecule has 2 aromatic rings. The summed E-state index contributed by atoms with van der Waals surface area (Å²) in [6, 6.07) is -0.269. The number of hydrogen-bond donors (Lipinski definition) is 1. The summed E-state index contributed by atoms with van der Waals surface area (Å²) in [5.41, 5.74) is 0. The number of amides is 1. The van der Waals surface area contributed by atoms with Crippen LogP contribution in [0.15, 0.2) is 12.5 Å². The maximum absolute atomic E-state index is 12.1. The molecule has 7 nitrogen and oxygen atoms in total. The van der Waals surface area contributed by atoms with Gasteiger partial charge in [0, 0.05) is 13.5 Å². The maximum atomic E-state index is 12.1. The van der Waals surface area contributed by atoms with Crippen LogP contribution in [0.25, 0.3) is 0 Å². The molecule has 0 bridgehead atoms. The monoisotopic (exact) mass is 307 g/mol. The largest absolute Gasteiger partial charge is 0.342 e. The van der Waals surface area contributed by atoms with Crippen LogP contribution in [0.5, 0.6) is 0 Å². The van der Waals surface area contributed by atoms with Crippen molar-refractivity contribution < 1.29 is 9.59 Å². The average molecular weight is 307 g/mol. The van der Waals surface area contributed by atoms with Crippen LogP contribution in [0.2, 0.25) is 0 Å². The molecular formula is C13H17N5O2S. The Hall–Kier alpha value is -2.09. The molecule has 0 radical (unpaired) electrons. The molecule has 21 heavy (non-hydrogen) atoms. The predicted molar refractivity (Wildman–Crippen MR) is 78.3 cm³/mol. The lowest BCUT2D eigenvalue weighted by Crippen LogP contribution is -2.28. The number of carbonyl (C=O) groups is 2. The van der Waals surface area contributed by atoms with E-state index in [0.717, 1.165) is 24.3 Å². The molecule has 8 heteroatoms. The van der Waals surface area contributed by atoms with Gasteiger partial charge in [-0.05, 0) is 13.3 Å². The van der Waals surface area contributed by atoms with Crippen LogP contribution in [0, 0.1) is 0 Å². The minimum absolute atomic E-state index is 0.144. The Kier molecular flexibility index (Phi) is 4.79. The van der Waals surface area contributed by atoms with Crippen molar-refractivity contribution >= 4 is 23.0 Å². The lowest BCUT2D eigenvalue weighted by Gasteiger charge is -2.13. The van der Waals surface area contributed by atoms with E-state index in [1.807, 2.05) is 6.92 Å². The number of aryl methyl sites for hydroxylation is 1. The van der Waals surface area contributed by atoms with Crippen molar-refractivity contribution in [1.82, 2.24) is 25.1 Å². The van der Waals surface area contributed by atoms with Crippen molar-refractivity contribution in [3.05, 3.63) is 28.2 Å². The summed E-state index contributed by atoms with van der Waals surface area (Å²) in [6.07, 6.45) is 3.84. The van der Waals surface area contributed by atoms with Crippen LogP contribution in [0.4, 0.5) is 0 Å². The zero-order chi connectivity index (χ0) is 15.4. The molecule has 0 saturated carbocycles. The number of nitrogens with zero attached hydrogens (tertiary/aromatic N) is 4. The second kappa shape index (κ2) is 6.57. The van der Waals surface area contributed by atoms with Crippen molar-refractivity contribution in [1.29, 1.82) is 0 Å². The SMILES string of the molecule is CCCn1ncnc1[C@H](C)NC(=O)c1cnc(C(C)=O)s1. The molecule has 2 rings (SSSR count). The minimum Gasteiger partial charge on any atom is -0.342 e. The van der Waals surface area contributed by atoms with Crippen molar-refractivity contribution in [3.63, 3.8) is 0 Å². The highest BCUT2D eigenvalue weighted by Gasteiger charge is 2.18. The van der Waals surface area contributed by atoms with E-state index in [9.17, 15) is 9.59 Å². The van der Waals surface area contributed by atoms with Crippen molar-refractivity contribution in [2.24, 2.45) is 0 Å². The highest BCUT2D eigenvalue weighted by Crippen LogP contribution is 2.16. The van der Waals surface area contributed by atoms with E-state index in [0.29, 0.717) is 15.7 Å². The van der Waals surface area contributed by atoms with E-state index in [4.69, 9.17) is 0 Å². The summed E-state index contributed by atoms with van der Waals surface area (Å²) in [5, 5.41) is 7.32. The molecule has 2 heterocycles. The third-order valence-electron chi connectivity index (χ3n) is 2.85. The molecule has 1 N–H and O–H groups in total. The van der Waals surface area contributed by atoms with Gasteiger partial charge in [-0.15, -0.1) is 11.3 Å². The fourth-order valence-corrected chi connectivity index (χ4v) is 2.58. The number of ketones is 1. The van der Waals surface area contributed by atoms with Gasteiger partial charge in [-0.1, -0.05) is 6.92 Å². The van der Waals surface area contributed by atoms with Crippen LogP contribution < -0.4 is 5.32 Å². The lowest BCUT2D eigenvalue weighted by molar-refractivity contribution is 0.0940. The standard InChI is InChI=1S/C13H17N5O2S/c1-4-5-18-11(15-7-16-18)8(2)17-12(20)10-6-14-13(21-10)9(3)19/h6-8H,4-5H2,1-3H3,(H,17,20)/t8-/m0/s1. The molecule has 2 aromatic heterocycles. The Labute approximate surface area is 126 Å². The number of rotatable bonds is 6. The second-order valence-corrected chi connectivity index (χ2v) is 5.65. The van der Waals surface area contributed by atoms with Crippen LogP contribution in [-0.2, 0) is 6.54 Å². The van der Waals surface area contributed by atoms with Crippen LogP contribution in [0.3, 0.4) is 0 Å². The van der Waals surface area contributed by atoms with Crippen molar-refractivity contribution in [2.45, 2.75) is 39.8 Å². The molecule has 0 aliphatic carbocycles. The van der Waals surface area contributed by atoms with Gasteiger partial charge in [-0.3, -0.25) is 9.59 Å². The molecule has 112 valence electrons. The van der Waals surface area contributed by atoms with Gasteiger partial charge in [0.1, 0.15) is 17.0 Å². The van der Waals surface area contributed by atoms with Gasteiger partial charge in [0.25, 0.3) is 5.91 Å². The van der Waals surface area contributed by atoms with Gasteiger partial charge in [0.15, 0.2) is 10.8 Å². The highest BCUT2D eigenvalue weighted by atomic mass is 32.1. The number of Topliss-reactive ketones (excluding diaryl/α,β-unsaturated/α-hetero) is 1. The first-order chi connectivity index (χ1) is 10.0. The van der Waals surface area contributed by atoms with Gasteiger partial charge >= 0.3 is 0 Å². The molecule has 0 spiro atoms. The Morgan fingerprint density at radius 2 is 2.19 bits per heavy atom. The number of nitrogens with one attached hydrogen (secondary N) is 1. The third-order valence-corrected chi connectivity index (χ3v) is 3.94. The summed E-state index contributed by atoms with van der Waals surface area (Å²) >= 11 is 1.09. The first-order valence-electron chi connectivity index (χ1n) is 6.68. The number of aromatic nitrogens is 4. The number of hydrogen-bond acceptors (Lipinski definition) is 6. The molecule has 0 unspecified atom stereocenters. The predicted octanol–water partition coefficient (Wildman–Crippen LogP) is 1.84. The first kappa shape index (κ1) is 15.3. The summed E-state index contributed by atoms with van der Waals surface area (Å²) in [7, 11) is 0. The number of carbonyl (C=O) groups excluding carboxylic acids is 2. The third kappa shape index (κ3) is 3.52. The van der Waals surface area contributed by atoms with Gasteiger partial charge < -0.3 is 5.32 Å².